The number of benzene rings is 1. The van der Waals surface area contributed by atoms with Crippen LogP contribution < -0.4 is 5.32 Å². The maximum absolute atomic E-state index is 13.7. The third kappa shape index (κ3) is 3.36. The highest BCUT2D eigenvalue weighted by Crippen LogP contribution is 2.22. The molecule has 0 amide bonds. The molecule has 0 fully saturated rings. The summed E-state index contributed by atoms with van der Waals surface area (Å²) in [6, 6.07) is 4.03. The molecule has 2 aromatic rings. The lowest BCUT2D eigenvalue weighted by Gasteiger charge is -2.21. The van der Waals surface area contributed by atoms with Gasteiger partial charge >= 0.3 is 0 Å². The van der Waals surface area contributed by atoms with Crippen molar-refractivity contribution in [2.75, 3.05) is 0 Å². The van der Waals surface area contributed by atoms with Crippen LogP contribution in [0.4, 0.5) is 13.2 Å². The van der Waals surface area contributed by atoms with Crippen molar-refractivity contribution in [2.24, 2.45) is 0 Å². The second kappa shape index (κ2) is 6.05. The van der Waals surface area contributed by atoms with E-state index in [-0.39, 0.29) is 11.6 Å². The van der Waals surface area contributed by atoms with Crippen LogP contribution in [0, 0.1) is 17.5 Å². The van der Waals surface area contributed by atoms with Gasteiger partial charge in [0.1, 0.15) is 17.5 Å². The van der Waals surface area contributed by atoms with E-state index in [4.69, 9.17) is 0 Å². The second-order valence-electron chi connectivity index (χ2n) is 4.71. The topological polar surface area (TPSA) is 24.9 Å². The Morgan fingerprint density at radius 3 is 2.40 bits per heavy atom. The zero-order chi connectivity index (χ0) is 14.7. The van der Waals surface area contributed by atoms with Gasteiger partial charge in [-0.25, -0.2) is 13.2 Å². The smallest absolute Gasteiger partial charge is 0.141 e. The highest BCUT2D eigenvalue weighted by atomic mass is 19.1. The molecule has 1 aromatic carbocycles. The molecule has 0 bridgehead atoms. The number of halogens is 3. The van der Waals surface area contributed by atoms with E-state index < -0.39 is 23.5 Å². The molecule has 0 aliphatic rings. The molecule has 106 valence electrons. The molecule has 0 saturated heterocycles. The molecule has 0 radical (unpaired) electrons. The second-order valence-corrected chi connectivity index (χ2v) is 4.71. The lowest BCUT2D eigenvalue weighted by molar-refractivity contribution is 0.467. The van der Waals surface area contributed by atoms with Crippen molar-refractivity contribution in [3.63, 3.8) is 0 Å². The van der Waals surface area contributed by atoms with Gasteiger partial charge < -0.3 is 5.32 Å². The molecule has 1 N–H and O–H groups in total. The fourth-order valence-corrected chi connectivity index (χ4v) is 2.07. The van der Waals surface area contributed by atoms with Crippen molar-refractivity contribution in [3.8, 4) is 0 Å². The van der Waals surface area contributed by atoms with E-state index in [9.17, 15) is 13.2 Å². The summed E-state index contributed by atoms with van der Waals surface area (Å²) in [5.74, 6) is -1.40. The molecule has 20 heavy (non-hydrogen) atoms. The predicted molar refractivity (Wildman–Crippen MR) is 70.5 cm³/mol. The highest BCUT2D eigenvalue weighted by Gasteiger charge is 2.15. The van der Waals surface area contributed by atoms with Gasteiger partial charge in [0.2, 0.25) is 0 Å². The minimum absolute atomic E-state index is 0.237. The molecule has 2 unspecified atom stereocenters. The SMILES string of the molecule is CC(NC(C)c1cc(F)ccc1F)c1cncc(F)c1. The van der Waals surface area contributed by atoms with E-state index in [0.717, 1.165) is 24.4 Å². The van der Waals surface area contributed by atoms with Crippen LogP contribution in [0.25, 0.3) is 0 Å². The van der Waals surface area contributed by atoms with E-state index in [2.05, 4.69) is 10.3 Å². The maximum atomic E-state index is 13.7. The standard InChI is InChI=1S/C15H15F3N2/c1-9(11-5-13(17)8-19-7-11)20-10(2)14-6-12(16)3-4-15(14)18/h3-10,20H,1-2H3. The van der Waals surface area contributed by atoms with Gasteiger partial charge in [0.15, 0.2) is 0 Å². The quantitative estimate of drug-likeness (QED) is 0.918. The van der Waals surface area contributed by atoms with E-state index >= 15 is 0 Å². The summed E-state index contributed by atoms with van der Waals surface area (Å²) in [7, 11) is 0. The lowest BCUT2D eigenvalue weighted by Crippen LogP contribution is -2.23. The predicted octanol–water partition coefficient (Wildman–Crippen LogP) is 3.91. The molecule has 0 spiro atoms. The van der Waals surface area contributed by atoms with Gasteiger partial charge in [-0.1, -0.05) is 0 Å². The van der Waals surface area contributed by atoms with E-state index in [1.54, 1.807) is 6.92 Å². The number of hydrogen-bond donors (Lipinski definition) is 1. The molecule has 0 aliphatic heterocycles. The Labute approximate surface area is 115 Å². The average molecular weight is 280 g/mol. The van der Waals surface area contributed by atoms with Gasteiger partial charge in [-0.3, -0.25) is 4.98 Å². The van der Waals surface area contributed by atoms with Gasteiger partial charge in [0, 0.05) is 23.8 Å². The summed E-state index contributed by atoms with van der Waals surface area (Å²) >= 11 is 0. The van der Waals surface area contributed by atoms with E-state index in [1.807, 2.05) is 6.92 Å². The molecule has 2 nitrogen and oxygen atoms in total. The van der Waals surface area contributed by atoms with Gasteiger partial charge in [-0.2, -0.15) is 0 Å². The van der Waals surface area contributed by atoms with E-state index in [0.29, 0.717) is 5.56 Å². The molecule has 1 aromatic heterocycles. The summed E-state index contributed by atoms with van der Waals surface area (Å²) in [4.78, 5) is 3.77. The van der Waals surface area contributed by atoms with Crippen molar-refractivity contribution < 1.29 is 13.2 Å². The van der Waals surface area contributed by atoms with Crippen LogP contribution in [0.15, 0.2) is 36.7 Å². The molecule has 2 atom stereocenters. The van der Waals surface area contributed by atoms with Gasteiger partial charge in [0.05, 0.1) is 6.20 Å². The largest absolute Gasteiger partial charge is 0.303 e. The van der Waals surface area contributed by atoms with Crippen LogP contribution in [0.5, 0.6) is 0 Å². The number of nitrogens with zero attached hydrogens (tertiary/aromatic N) is 1. The Kier molecular flexibility index (Phi) is 4.39. The lowest BCUT2D eigenvalue weighted by atomic mass is 10.0. The van der Waals surface area contributed by atoms with Crippen LogP contribution in [-0.4, -0.2) is 4.98 Å². The van der Waals surface area contributed by atoms with Crippen molar-refractivity contribution in [3.05, 3.63) is 65.2 Å². The number of rotatable bonds is 4. The Morgan fingerprint density at radius 2 is 1.70 bits per heavy atom. The van der Waals surface area contributed by atoms with Crippen LogP contribution in [0.3, 0.4) is 0 Å². The summed E-state index contributed by atoms with van der Waals surface area (Å²) in [6.45, 7) is 3.53. The minimum atomic E-state index is -0.491. The fraction of sp³-hybridized carbons (Fsp3) is 0.267. The number of aromatic nitrogens is 1. The number of nitrogens with one attached hydrogen (secondary N) is 1. The first-order valence-electron chi connectivity index (χ1n) is 6.29. The van der Waals surface area contributed by atoms with Crippen molar-refractivity contribution in [1.82, 2.24) is 10.3 Å². The number of pyridine rings is 1. The first-order chi connectivity index (χ1) is 9.47. The Balaban J connectivity index is 2.15. The van der Waals surface area contributed by atoms with Gasteiger partial charge in [-0.15, -0.1) is 0 Å². The summed E-state index contributed by atoms with van der Waals surface area (Å²) in [6.07, 6.45) is 2.65. The van der Waals surface area contributed by atoms with Crippen LogP contribution >= 0.6 is 0 Å². The molecule has 0 aliphatic carbocycles. The third-order valence-corrected chi connectivity index (χ3v) is 3.15. The first-order valence-corrected chi connectivity index (χ1v) is 6.29. The van der Waals surface area contributed by atoms with Crippen molar-refractivity contribution >= 4 is 0 Å². The molecular formula is C15H15F3N2. The zero-order valence-electron chi connectivity index (χ0n) is 11.2. The fourth-order valence-electron chi connectivity index (χ4n) is 2.07. The molecule has 0 saturated carbocycles. The van der Waals surface area contributed by atoms with Crippen molar-refractivity contribution in [2.45, 2.75) is 25.9 Å². The Bertz CT molecular complexity index is 601. The van der Waals surface area contributed by atoms with Crippen LogP contribution in [-0.2, 0) is 0 Å². The molecular weight excluding hydrogens is 265 g/mol. The van der Waals surface area contributed by atoms with E-state index in [1.165, 1.54) is 12.3 Å². The van der Waals surface area contributed by atoms with Crippen LogP contribution in [0.2, 0.25) is 0 Å². The highest BCUT2D eigenvalue weighted by molar-refractivity contribution is 5.23. The van der Waals surface area contributed by atoms with Gasteiger partial charge in [0.25, 0.3) is 0 Å². The maximum Gasteiger partial charge on any atom is 0.141 e. The zero-order valence-corrected chi connectivity index (χ0v) is 11.2. The summed E-state index contributed by atoms with van der Waals surface area (Å²) < 4.78 is 39.9. The monoisotopic (exact) mass is 280 g/mol. The Morgan fingerprint density at radius 1 is 0.950 bits per heavy atom. The number of hydrogen-bond acceptors (Lipinski definition) is 2. The van der Waals surface area contributed by atoms with Crippen LogP contribution in [0.1, 0.15) is 37.1 Å². The molecule has 5 heteroatoms. The molecule has 2 rings (SSSR count). The Hall–Kier alpha value is -1.88. The normalized spacial score (nSPS) is 14.1. The summed E-state index contributed by atoms with van der Waals surface area (Å²) in [5, 5.41) is 3.09. The van der Waals surface area contributed by atoms with Gasteiger partial charge in [-0.05, 0) is 43.7 Å². The first kappa shape index (κ1) is 14.5. The summed E-state index contributed by atoms with van der Waals surface area (Å²) in [5.41, 5.74) is 0.884. The molecule has 1 heterocycles. The minimum Gasteiger partial charge on any atom is -0.303 e. The average Bonchev–Trinajstić information content (AvgIpc) is 2.41. The van der Waals surface area contributed by atoms with Crippen molar-refractivity contribution in [1.29, 1.82) is 0 Å². The third-order valence-electron chi connectivity index (χ3n) is 3.15.